The monoisotopic (exact) mass is 286 g/mol. The van der Waals surface area contributed by atoms with E-state index in [9.17, 15) is 0 Å². The van der Waals surface area contributed by atoms with E-state index in [1.807, 2.05) is 57.2 Å². The maximum Gasteiger partial charge on any atom is 0.163 e. The van der Waals surface area contributed by atoms with Crippen molar-refractivity contribution in [2.45, 2.75) is 20.8 Å². The molecule has 0 amide bonds. The number of nitrogens with two attached hydrogens (primary N) is 1. The number of nitrogen functional groups attached to an aromatic ring is 1. The predicted molar refractivity (Wildman–Crippen MR) is 87.7 cm³/mol. The highest BCUT2D eigenvalue weighted by Crippen LogP contribution is 2.33. The third-order valence-electron chi connectivity index (χ3n) is 3.03. The van der Waals surface area contributed by atoms with E-state index >= 15 is 0 Å². The number of benzene rings is 2. The summed E-state index contributed by atoms with van der Waals surface area (Å²) >= 11 is 0. The molecule has 0 aliphatic heterocycles. The van der Waals surface area contributed by atoms with Crippen molar-refractivity contribution in [1.82, 2.24) is 0 Å². The highest BCUT2D eigenvalue weighted by atomic mass is 16.5. The number of anilines is 3. The van der Waals surface area contributed by atoms with Gasteiger partial charge < -0.3 is 20.5 Å². The summed E-state index contributed by atoms with van der Waals surface area (Å²) in [6.45, 7) is 7.13. The van der Waals surface area contributed by atoms with Crippen LogP contribution in [-0.4, -0.2) is 13.2 Å². The Morgan fingerprint density at radius 1 is 0.952 bits per heavy atom. The van der Waals surface area contributed by atoms with Gasteiger partial charge in [0.15, 0.2) is 11.5 Å². The third-order valence-corrected chi connectivity index (χ3v) is 3.03. The molecule has 0 fully saturated rings. The molecular formula is C17H22N2O2. The topological polar surface area (TPSA) is 56.5 Å². The fourth-order valence-electron chi connectivity index (χ4n) is 2.08. The molecule has 2 rings (SSSR count). The Bertz CT molecular complexity index is 612. The van der Waals surface area contributed by atoms with Gasteiger partial charge in [-0.15, -0.1) is 0 Å². The van der Waals surface area contributed by atoms with E-state index in [-0.39, 0.29) is 0 Å². The fraction of sp³-hybridized carbons (Fsp3) is 0.294. The van der Waals surface area contributed by atoms with E-state index in [0.29, 0.717) is 13.2 Å². The van der Waals surface area contributed by atoms with Crippen LogP contribution in [0.25, 0.3) is 0 Å². The summed E-state index contributed by atoms with van der Waals surface area (Å²) in [5.74, 6) is 1.48. The molecule has 2 aromatic carbocycles. The molecule has 4 nitrogen and oxygen atoms in total. The van der Waals surface area contributed by atoms with Gasteiger partial charge in [-0.25, -0.2) is 0 Å². The second-order valence-corrected chi connectivity index (χ2v) is 4.74. The lowest BCUT2D eigenvalue weighted by Crippen LogP contribution is -2.00. The summed E-state index contributed by atoms with van der Waals surface area (Å²) in [5.41, 5.74) is 9.68. The van der Waals surface area contributed by atoms with Gasteiger partial charge >= 0.3 is 0 Å². The summed E-state index contributed by atoms with van der Waals surface area (Å²) in [6.07, 6.45) is 0. The molecule has 0 aliphatic carbocycles. The lowest BCUT2D eigenvalue weighted by molar-refractivity contribution is 0.288. The van der Waals surface area contributed by atoms with Crippen LogP contribution in [0.1, 0.15) is 19.4 Å². The number of rotatable bonds is 6. The van der Waals surface area contributed by atoms with Gasteiger partial charge in [-0.05, 0) is 50.6 Å². The number of nitrogens with one attached hydrogen (secondary N) is 1. The van der Waals surface area contributed by atoms with Gasteiger partial charge in [-0.3, -0.25) is 0 Å². The van der Waals surface area contributed by atoms with Gasteiger partial charge in [0.2, 0.25) is 0 Å². The van der Waals surface area contributed by atoms with E-state index in [0.717, 1.165) is 34.1 Å². The SMILES string of the molecule is CCOc1ccc(Nc2ccc(C)cc2N)cc1OCC. The molecule has 0 atom stereocenters. The molecule has 0 heterocycles. The molecule has 112 valence electrons. The molecule has 0 radical (unpaired) electrons. The van der Waals surface area contributed by atoms with Crippen molar-refractivity contribution in [3.05, 3.63) is 42.0 Å². The zero-order chi connectivity index (χ0) is 15.2. The normalized spacial score (nSPS) is 10.2. The van der Waals surface area contributed by atoms with Gasteiger partial charge in [0.25, 0.3) is 0 Å². The Morgan fingerprint density at radius 2 is 1.67 bits per heavy atom. The lowest BCUT2D eigenvalue weighted by atomic mass is 10.2. The minimum absolute atomic E-state index is 0.593. The molecule has 4 heteroatoms. The molecule has 21 heavy (non-hydrogen) atoms. The Morgan fingerprint density at radius 3 is 2.33 bits per heavy atom. The van der Waals surface area contributed by atoms with E-state index < -0.39 is 0 Å². The van der Waals surface area contributed by atoms with Gasteiger partial charge in [-0.2, -0.15) is 0 Å². The van der Waals surface area contributed by atoms with E-state index in [1.54, 1.807) is 0 Å². The van der Waals surface area contributed by atoms with Crippen molar-refractivity contribution in [3.63, 3.8) is 0 Å². The summed E-state index contributed by atoms with van der Waals surface area (Å²) in [6, 6.07) is 11.7. The van der Waals surface area contributed by atoms with Crippen molar-refractivity contribution >= 4 is 17.1 Å². The van der Waals surface area contributed by atoms with E-state index in [4.69, 9.17) is 15.2 Å². The average Bonchev–Trinajstić information content (AvgIpc) is 2.45. The van der Waals surface area contributed by atoms with Crippen LogP contribution >= 0.6 is 0 Å². The molecule has 3 N–H and O–H groups in total. The predicted octanol–water partition coefficient (Wildman–Crippen LogP) is 4.12. The zero-order valence-corrected chi connectivity index (χ0v) is 12.8. The van der Waals surface area contributed by atoms with Gasteiger partial charge in [0, 0.05) is 11.8 Å². The summed E-state index contributed by atoms with van der Waals surface area (Å²) in [5, 5.41) is 3.31. The smallest absolute Gasteiger partial charge is 0.163 e. The minimum atomic E-state index is 0.593. The summed E-state index contributed by atoms with van der Waals surface area (Å²) in [7, 11) is 0. The van der Waals surface area contributed by atoms with Crippen molar-refractivity contribution in [2.75, 3.05) is 24.3 Å². The maximum atomic E-state index is 6.03. The van der Waals surface area contributed by atoms with Gasteiger partial charge in [0.05, 0.1) is 24.6 Å². The van der Waals surface area contributed by atoms with Crippen LogP contribution in [0.15, 0.2) is 36.4 Å². The van der Waals surface area contributed by atoms with Crippen molar-refractivity contribution in [3.8, 4) is 11.5 Å². The molecule has 0 spiro atoms. The molecule has 0 bridgehead atoms. The van der Waals surface area contributed by atoms with Crippen molar-refractivity contribution in [2.24, 2.45) is 0 Å². The molecule has 0 saturated heterocycles. The Kier molecular flexibility index (Phi) is 4.93. The molecular weight excluding hydrogens is 264 g/mol. The highest BCUT2D eigenvalue weighted by molar-refractivity contribution is 5.74. The number of aryl methyl sites for hydroxylation is 1. The molecule has 0 aromatic heterocycles. The maximum absolute atomic E-state index is 6.03. The first-order valence-electron chi connectivity index (χ1n) is 7.16. The van der Waals surface area contributed by atoms with Crippen LogP contribution in [0, 0.1) is 6.92 Å². The minimum Gasteiger partial charge on any atom is -0.490 e. The van der Waals surface area contributed by atoms with Crippen LogP contribution in [0.4, 0.5) is 17.1 Å². The molecule has 0 aliphatic rings. The summed E-state index contributed by atoms with van der Waals surface area (Å²) in [4.78, 5) is 0. The number of hydrogen-bond acceptors (Lipinski definition) is 4. The first-order chi connectivity index (χ1) is 10.1. The first kappa shape index (κ1) is 15.0. The first-order valence-corrected chi connectivity index (χ1v) is 7.16. The second-order valence-electron chi connectivity index (χ2n) is 4.74. The van der Waals surface area contributed by atoms with Crippen LogP contribution in [0.5, 0.6) is 11.5 Å². The van der Waals surface area contributed by atoms with Crippen LogP contribution in [0.3, 0.4) is 0 Å². The van der Waals surface area contributed by atoms with Crippen molar-refractivity contribution < 1.29 is 9.47 Å². The average molecular weight is 286 g/mol. The van der Waals surface area contributed by atoms with Crippen molar-refractivity contribution in [1.29, 1.82) is 0 Å². The quantitative estimate of drug-likeness (QED) is 0.784. The Labute approximate surface area is 125 Å². The van der Waals surface area contributed by atoms with Gasteiger partial charge in [0.1, 0.15) is 0 Å². The zero-order valence-electron chi connectivity index (χ0n) is 12.8. The Balaban J connectivity index is 2.25. The van der Waals surface area contributed by atoms with Crippen LogP contribution in [-0.2, 0) is 0 Å². The highest BCUT2D eigenvalue weighted by Gasteiger charge is 2.07. The van der Waals surface area contributed by atoms with Gasteiger partial charge in [-0.1, -0.05) is 6.07 Å². The third kappa shape index (κ3) is 3.81. The lowest BCUT2D eigenvalue weighted by Gasteiger charge is -2.14. The Hall–Kier alpha value is -2.36. The van der Waals surface area contributed by atoms with Crippen LogP contribution in [0.2, 0.25) is 0 Å². The number of ether oxygens (including phenoxy) is 2. The largest absolute Gasteiger partial charge is 0.490 e. The standard InChI is InChI=1S/C17H22N2O2/c1-4-20-16-9-7-13(11-17(16)21-5-2)19-15-8-6-12(3)10-14(15)18/h6-11,19H,4-5,18H2,1-3H3. The fourth-order valence-corrected chi connectivity index (χ4v) is 2.08. The summed E-state index contributed by atoms with van der Waals surface area (Å²) < 4.78 is 11.2. The molecule has 0 unspecified atom stereocenters. The molecule has 0 saturated carbocycles. The second kappa shape index (κ2) is 6.88. The van der Waals surface area contributed by atoms with Crippen LogP contribution < -0.4 is 20.5 Å². The van der Waals surface area contributed by atoms with E-state index in [1.165, 1.54) is 0 Å². The number of hydrogen-bond donors (Lipinski definition) is 2. The molecule has 2 aromatic rings. The van der Waals surface area contributed by atoms with E-state index in [2.05, 4.69) is 5.32 Å².